The van der Waals surface area contributed by atoms with Gasteiger partial charge in [-0.3, -0.25) is 14.2 Å². The molecule has 0 unspecified atom stereocenters. The van der Waals surface area contributed by atoms with E-state index in [0.29, 0.717) is 39.5 Å². The van der Waals surface area contributed by atoms with Crippen molar-refractivity contribution in [1.82, 2.24) is 20.1 Å². The van der Waals surface area contributed by atoms with Crippen molar-refractivity contribution < 1.29 is 14.3 Å². The molecule has 2 heterocycles. The number of hydrogen-bond acceptors (Lipinski definition) is 6. The van der Waals surface area contributed by atoms with Gasteiger partial charge in [0, 0.05) is 17.8 Å². The van der Waals surface area contributed by atoms with Crippen LogP contribution in [0.5, 0.6) is 5.75 Å². The molecular formula is C28H26ClN5O3S. The third-order valence-corrected chi connectivity index (χ3v) is 7.52. The Bertz CT molecular complexity index is 1460. The van der Waals surface area contributed by atoms with E-state index in [1.54, 1.807) is 42.0 Å². The van der Waals surface area contributed by atoms with Crippen molar-refractivity contribution in [1.29, 1.82) is 0 Å². The van der Waals surface area contributed by atoms with Crippen molar-refractivity contribution in [2.75, 3.05) is 24.3 Å². The summed E-state index contributed by atoms with van der Waals surface area (Å²) in [7, 11) is 1.57. The van der Waals surface area contributed by atoms with Crippen LogP contribution in [0.2, 0.25) is 5.02 Å². The van der Waals surface area contributed by atoms with Crippen LogP contribution < -0.4 is 15.0 Å². The maximum absolute atomic E-state index is 13.2. The number of amides is 2. The van der Waals surface area contributed by atoms with E-state index in [1.165, 1.54) is 17.3 Å². The van der Waals surface area contributed by atoms with Crippen LogP contribution in [0.4, 0.5) is 5.69 Å². The molecule has 0 radical (unpaired) electrons. The SMILES string of the molecule is COc1ccc(C(=O)NCc2nnc(SCC(=O)N3CCCc4ccccc43)n2-c2ccccc2Cl)cc1. The van der Waals surface area contributed by atoms with Gasteiger partial charge in [0.2, 0.25) is 5.91 Å². The third kappa shape index (κ3) is 5.54. The number of methoxy groups -OCH3 is 1. The topological polar surface area (TPSA) is 89.3 Å². The molecule has 2 amide bonds. The van der Waals surface area contributed by atoms with Gasteiger partial charge in [-0.2, -0.15) is 0 Å². The number of para-hydroxylation sites is 2. The minimum atomic E-state index is -0.255. The fraction of sp³-hybridized carbons (Fsp3) is 0.214. The molecular weight excluding hydrogens is 522 g/mol. The second-order valence-electron chi connectivity index (χ2n) is 8.66. The highest BCUT2D eigenvalue weighted by Crippen LogP contribution is 2.30. The van der Waals surface area contributed by atoms with Crippen molar-refractivity contribution in [2.45, 2.75) is 24.5 Å². The lowest BCUT2D eigenvalue weighted by molar-refractivity contribution is -0.116. The van der Waals surface area contributed by atoms with Crippen LogP contribution in [-0.4, -0.2) is 46.0 Å². The van der Waals surface area contributed by atoms with Crippen LogP contribution in [0, 0.1) is 0 Å². The van der Waals surface area contributed by atoms with E-state index in [9.17, 15) is 9.59 Å². The zero-order chi connectivity index (χ0) is 26.5. The number of hydrogen-bond donors (Lipinski definition) is 1. The number of carbonyl (C=O) groups is 2. The van der Waals surface area contributed by atoms with Crippen molar-refractivity contribution in [2.24, 2.45) is 0 Å². The molecule has 1 aliphatic heterocycles. The molecule has 5 rings (SSSR count). The Balaban J connectivity index is 1.35. The summed E-state index contributed by atoms with van der Waals surface area (Å²) in [5.74, 6) is 1.11. The Morgan fingerprint density at radius 3 is 2.50 bits per heavy atom. The highest BCUT2D eigenvalue weighted by Gasteiger charge is 2.24. The lowest BCUT2D eigenvalue weighted by atomic mass is 10.0. The zero-order valence-electron chi connectivity index (χ0n) is 20.8. The predicted molar refractivity (Wildman–Crippen MR) is 148 cm³/mol. The van der Waals surface area contributed by atoms with Gasteiger partial charge in [-0.25, -0.2) is 0 Å². The number of anilines is 1. The van der Waals surface area contributed by atoms with Gasteiger partial charge < -0.3 is 15.0 Å². The second-order valence-corrected chi connectivity index (χ2v) is 10.0. The Kier molecular flexibility index (Phi) is 7.95. The summed E-state index contributed by atoms with van der Waals surface area (Å²) < 4.78 is 6.95. The van der Waals surface area contributed by atoms with E-state index in [-0.39, 0.29) is 24.1 Å². The lowest BCUT2D eigenvalue weighted by Crippen LogP contribution is -2.36. The minimum absolute atomic E-state index is 0.00483. The molecule has 0 atom stereocenters. The van der Waals surface area contributed by atoms with E-state index < -0.39 is 0 Å². The summed E-state index contributed by atoms with van der Waals surface area (Å²) in [5.41, 5.74) is 3.33. The highest BCUT2D eigenvalue weighted by atomic mass is 35.5. The first-order chi connectivity index (χ1) is 18.5. The minimum Gasteiger partial charge on any atom is -0.497 e. The first-order valence-electron chi connectivity index (χ1n) is 12.2. The van der Waals surface area contributed by atoms with Crippen LogP contribution >= 0.6 is 23.4 Å². The number of nitrogens with one attached hydrogen (secondary N) is 1. The molecule has 0 fully saturated rings. The number of halogens is 1. The number of aryl methyl sites for hydroxylation is 1. The van der Waals surface area contributed by atoms with Gasteiger partial charge >= 0.3 is 0 Å². The average Bonchev–Trinajstić information content (AvgIpc) is 3.37. The quantitative estimate of drug-likeness (QED) is 0.315. The Morgan fingerprint density at radius 2 is 1.74 bits per heavy atom. The fourth-order valence-corrected chi connectivity index (χ4v) is 5.44. The number of benzene rings is 3. The molecule has 1 aliphatic rings. The number of thioether (sulfide) groups is 1. The monoisotopic (exact) mass is 547 g/mol. The molecule has 10 heteroatoms. The number of fused-ring (bicyclic) bond motifs is 1. The molecule has 3 aromatic carbocycles. The Morgan fingerprint density at radius 1 is 1.00 bits per heavy atom. The van der Waals surface area contributed by atoms with Crippen LogP contribution in [-0.2, 0) is 17.8 Å². The van der Waals surface area contributed by atoms with E-state index >= 15 is 0 Å². The summed E-state index contributed by atoms with van der Waals surface area (Å²) in [4.78, 5) is 27.8. The number of aromatic nitrogens is 3. The molecule has 194 valence electrons. The van der Waals surface area contributed by atoms with Gasteiger partial charge in [0.15, 0.2) is 11.0 Å². The fourth-order valence-electron chi connectivity index (χ4n) is 4.38. The van der Waals surface area contributed by atoms with E-state index in [2.05, 4.69) is 21.6 Å². The number of rotatable bonds is 8. The van der Waals surface area contributed by atoms with Crippen LogP contribution in [0.1, 0.15) is 28.2 Å². The smallest absolute Gasteiger partial charge is 0.251 e. The maximum atomic E-state index is 13.2. The normalized spacial score (nSPS) is 12.6. The standard InChI is InChI=1S/C28H26ClN5O3S/c1-37-21-14-12-20(13-15-21)27(36)30-17-25-31-32-28(34(25)24-11-5-3-9-22(24)29)38-18-26(35)33-16-6-8-19-7-2-4-10-23(19)33/h2-5,7,9-15H,6,8,16-18H2,1H3,(H,30,36). The van der Waals surface area contributed by atoms with Crippen molar-refractivity contribution in [3.05, 3.63) is 94.8 Å². The molecule has 38 heavy (non-hydrogen) atoms. The molecule has 8 nitrogen and oxygen atoms in total. The molecule has 0 aliphatic carbocycles. The highest BCUT2D eigenvalue weighted by molar-refractivity contribution is 7.99. The van der Waals surface area contributed by atoms with Gasteiger partial charge in [-0.1, -0.05) is 53.7 Å². The summed E-state index contributed by atoms with van der Waals surface area (Å²) in [6, 6.07) is 22.2. The van der Waals surface area contributed by atoms with E-state index in [1.807, 2.05) is 41.3 Å². The van der Waals surface area contributed by atoms with E-state index in [0.717, 1.165) is 18.5 Å². The van der Waals surface area contributed by atoms with Gasteiger partial charge in [-0.05, 0) is 60.9 Å². The van der Waals surface area contributed by atoms with Crippen LogP contribution in [0.15, 0.2) is 78.0 Å². The summed E-state index contributed by atoms with van der Waals surface area (Å²) in [6.45, 7) is 0.813. The summed E-state index contributed by atoms with van der Waals surface area (Å²) in [5, 5.41) is 12.6. The summed E-state index contributed by atoms with van der Waals surface area (Å²) in [6.07, 6.45) is 1.90. The molecule has 0 saturated carbocycles. The molecule has 0 spiro atoms. The third-order valence-electron chi connectivity index (χ3n) is 6.29. The maximum Gasteiger partial charge on any atom is 0.251 e. The second kappa shape index (κ2) is 11.7. The van der Waals surface area contributed by atoms with Crippen molar-refractivity contribution in [3.8, 4) is 11.4 Å². The van der Waals surface area contributed by atoms with Crippen LogP contribution in [0.3, 0.4) is 0 Å². The first-order valence-corrected chi connectivity index (χ1v) is 13.5. The lowest BCUT2D eigenvalue weighted by Gasteiger charge is -2.29. The largest absolute Gasteiger partial charge is 0.497 e. The number of carbonyl (C=O) groups excluding carboxylic acids is 2. The van der Waals surface area contributed by atoms with Gasteiger partial charge in [-0.15, -0.1) is 10.2 Å². The first kappa shape index (κ1) is 25.8. The number of nitrogens with zero attached hydrogens (tertiary/aromatic N) is 4. The van der Waals surface area contributed by atoms with Crippen molar-refractivity contribution in [3.63, 3.8) is 0 Å². The molecule has 1 aromatic heterocycles. The predicted octanol–water partition coefficient (Wildman–Crippen LogP) is 4.93. The Hall–Kier alpha value is -3.82. The van der Waals surface area contributed by atoms with Gasteiger partial charge in [0.05, 0.1) is 30.1 Å². The van der Waals surface area contributed by atoms with Crippen molar-refractivity contribution >= 4 is 40.9 Å². The number of ether oxygens (including phenoxy) is 1. The van der Waals surface area contributed by atoms with Crippen LogP contribution in [0.25, 0.3) is 5.69 Å². The Labute approximate surface area is 230 Å². The molecule has 4 aromatic rings. The molecule has 1 N–H and O–H groups in total. The average molecular weight is 548 g/mol. The zero-order valence-corrected chi connectivity index (χ0v) is 22.3. The molecule has 0 bridgehead atoms. The van der Waals surface area contributed by atoms with E-state index in [4.69, 9.17) is 16.3 Å². The summed E-state index contributed by atoms with van der Waals surface area (Å²) >= 11 is 7.82. The molecule has 0 saturated heterocycles. The van der Waals surface area contributed by atoms with Gasteiger partial charge in [0.25, 0.3) is 5.91 Å². The van der Waals surface area contributed by atoms with Gasteiger partial charge in [0.1, 0.15) is 5.75 Å².